The van der Waals surface area contributed by atoms with E-state index in [4.69, 9.17) is 0 Å². The maximum absolute atomic E-state index is 12.5. The lowest BCUT2D eigenvalue weighted by atomic mass is 10.2. The second kappa shape index (κ2) is 3.67. The van der Waals surface area contributed by atoms with E-state index in [1.807, 2.05) is 5.38 Å². The van der Waals surface area contributed by atoms with Gasteiger partial charge < -0.3 is 0 Å². The van der Waals surface area contributed by atoms with Gasteiger partial charge in [0.15, 0.2) is 0 Å². The molecule has 0 atom stereocenters. The van der Waals surface area contributed by atoms with Crippen molar-refractivity contribution in [2.45, 2.75) is 0 Å². The van der Waals surface area contributed by atoms with Crippen LogP contribution in [0.25, 0.3) is 0 Å². The zero-order chi connectivity index (χ0) is 9.97. The Balaban J connectivity index is 2.33. The lowest BCUT2D eigenvalue weighted by Crippen LogP contribution is -2.01. The average Bonchev–Trinajstić information content (AvgIpc) is 2.71. The van der Waals surface area contributed by atoms with E-state index >= 15 is 0 Å². The molecule has 70 valence electrons. The maximum Gasteiger partial charge on any atom is 0.221 e. The van der Waals surface area contributed by atoms with Crippen molar-refractivity contribution in [2.24, 2.45) is 0 Å². The fourth-order valence-corrected chi connectivity index (χ4v) is 1.72. The van der Waals surface area contributed by atoms with Crippen LogP contribution >= 0.6 is 11.3 Å². The fraction of sp³-hybridized carbons (Fsp3) is 0. The molecule has 2 nitrogen and oxygen atoms in total. The van der Waals surface area contributed by atoms with E-state index in [-0.39, 0.29) is 11.5 Å². The summed E-state index contributed by atoms with van der Waals surface area (Å²) in [4.78, 5) is 16.0. The number of carbonyl (C=O) groups excluding carboxylic acids is 1. The summed E-state index contributed by atoms with van der Waals surface area (Å²) in [7, 11) is 0. The van der Waals surface area contributed by atoms with Crippen LogP contribution in [0.3, 0.4) is 0 Å². The molecule has 0 fully saturated rings. The molecule has 2 heterocycles. The van der Waals surface area contributed by atoms with Crippen LogP contribution in [0.5, 0.6) is 0 Å². The smallest absolute Gasteiger partial charge is 0.221 e. The Morgan fingerprint density at radius 3 is 2.79 bits per heavy atom. The fourth-order valence-electron chi connectivity index (χ4n) is 1.04. The van der Waals surface area contributed by atoms with Crippen LogP contribution in [0.1, 0.15) is 15.4 Å². The normalized spacial score (nSPS) is 10.1. The maximum atomic E-state index is 12.5. The summed E-state index contributed by atoms with van der Waals surface area (Å²) < 4.78 is 12.5. The number of halogens is 1. The molecule has 4 heteroatoms. The number of hydrogen-bond acceptors (Lipinski definition) is 3. The molecule has 0 spiro atoms. The van der Waals surface area contributed by atoms with Gasteiger partial charge in [-0.3, -0.25) is 4.79 Å². The predicted molar refractivity (Wildman–Crippen MR) is 51.9 cm³/mol. The summed E-state index contributed by atoms with van der Waals surface area (Å²) in [6, 6.07) is 6.13. The number of rotatable bonds is 2. The molecule has 14 heavy (non-hydrogen) atoms. The number of carbonyl (C=O) groups is 1. The first-order valence-corrected chi connectivity index (χ1v) is 4.85. The molecule has 0 aliphatic carbocycles. The topological polar surface area (TPSA) is 30.0 Å². The van der Waals surface area contributed by atoms with Gasteiger partial charge in [0.1, 0.15) is 11.5 Å². The first-order valence-electron chi connectivity index (χ1n) is 3.97. The largest absolute Gasteiger partial charge is 0.286 e. The molecular formula is C10H6FNOS. The molecule has 2 aromatic heterocycles. The van der Waals surface area contributed by atoms with Crippen LogP contribution < -0.4 is 0 Å². The molecule has 0 saturated carbocycles. The van der Waals surface area contributed by atoms with Gasteiger partial charge in [0.05, 0.1) is 11.1 Å². The number of thiophene rings is 1. The standard InChI is InChI=1S/C10H6FNOS/c11-7-3-4-8(12-6-7)10(13)9-2-1-5-14-9/h1-6H. The van der Waals surface area contributed by atoms with Gasteiger partial charge in [-0.2, -0.15) is 0 Å². The van der Waals surface area contributed by atoms with Gasteiger partial charge in [-0.15, -0.1) is 11.3 Å². The molecule has 0 aromatic carbocycles. The van der Waals surface area contributed by atoms with E-state index < -0.39 is 5.82 Å². The van der Waals surface area contributed by atoms with Crippen molar-refractivity contribution >= 4 is 17.1 Å². The van der Waals surface area contributed by atoms with Crippen molar-refractivity contribution in [3.05, 3.63) is 52.2 Å². The first kappa shape index (κ1) is 9.02. The van der Waals surface area contributed by atoms with Gasteiger partial charge >= 0.3 is 0 Å². The molecule has 0 bridgehead atoms. The Bertz CT molecular complexity index is 436. The summed E-state index contributed by atoms with van der Waals surface area (Å²) in [5, 5.41) is 1.82. The zero-order valence-electron chi connectivity index (χ0n) is 7.11. The quantitative estimate of drug-likeness (QED) is 0.708. The monoisotopic (exact) mass is 207 g/mol. The SMILES string of the molecule is O=C(c1ccc(F)cn1)c1cccs1. The van der Waals surface area contributed by atoms with Crippen LogP contribution in [-0.4, -0.2) is 10.8 Å². The molecule has 0 aliphatic rings. The summed E-state index contributed by atoms with van der Waals surface area (Å²) in [5.41, 5.74) is 0.272. The molecule has 0 unspecified atom stereocenters. The van der Waals surface area contributed by atoms with Crippen molar-refractivity contribution in [1.82, 2.24) is 4.98 Å². The summed E-state index contributed by atoms with van der Waals surface area (Å²) in [6.07, 6.45) is 1.04. The summed E-state index contributed by atoms with van der Waals surface area (Å²) >= 11 is 1.35. The minimum atomic E-state index is -0.437. The third-order valence-corrected chi connectivity index (χ3v) is 2.57. The highest BCUT2D eigenvalue weighted by Crippen LogP contribution is 2.13. The Morgan fingerprint density at radius 1 is 1.36 bits per heavy atom. The first-order chi connectivity index (χ1) is 6.77. The van der Waals surface area contributed by atoms with Crippen molar-refractivity contribution < 1.29 is 9.18 Å². The molecule has 2 rings (SSSR count). The minimum absolute atomic E-state index is 0.167. The highest BCUT2D eigenvalue weighted by molar-refractivity contribution is 7.12. The number of pyridine rings is 1. The Kier molecular flexibility index (Phi) is 2.37. The molecular weight excluding hydrogens is 201 g/mol. The highest BCUT2D eigenvalue weighted by Gasteiger charge is 2.10. The number of hydrogen-bond donors (Lipinski definition) is 0. The van der Waals surface area contributed by atoms with Gasteiger partial charge in [-0.1, -0.05) is 6.07 Å². The molecule has 2 aromatic rings. The molecule has 0 amide bonds. The average molecular weight is 207 g/mol. The van der Waals surface area contributed by atoms with Crippen LogP contribution in [0.4, 0.5) is 4.39 Å². The van der Waals surface area contributed by atoms with Crippen LogP contribution in [0.15, 0.2) is 35.8 Å². The van der Waals surface area contributed by atoms with Crippen molar-refractivity contribution in [3.8, 4) is 0 Å². The Morgan fingerprint density at radius 2 is 2.21 bits per heavy atom. The van der Waals surface area contributed by atoms with E-state index in [9.17, 15) is 9.18 Å². The number of aromatic nitrogens is 1. The summed E-state index contributed by atoms with van der Waals surface area (Å²) in [6.45, 7) is 0. The lowest BCUT2D eigenvalue weighted by molar-refractivity contribution is 0.103. The van der Waals surface area contributed by atoms with Crippen LogP contribution in [0, 0.1) is 5.82 Å². The van der Waals surface area contributed by atoms with Crippen molar-refractivity contribution in [1.29, 1.82) is 0 Å². The van der Waals surface area contributed by atoms with E-state index in [1.165, 1.54) is 23.5 Å². The van der Waals surface area contributed by atoms with Gasteiger partial charge in [0.25, 0.3) is 0 Å². The number of nitrogens with zero attached hydrogens (tertiary/aromatic N) is 1. The van der Waals surface area contributed by atoms with Gasteiger partial charge in [0.2, 0.25) is 5.78 Å². The third kappa shape index (κ3) is 1.70. The number of ketones is 1. The molecule has 0 N–H and O–H groups in total. The second-order valence-electron chi connectivity index (χ2n) is 2.67. The van der Waals surface area contributed by atoms with E-state index in [0.29, 0.717) is 4.88 Å². The van der Waals surface area contributed by atoms with E-state index in [0.717, 1.165) is 6.20 Å². The van der Waals surface area contributed by atoms with E-state index in [1.54, 1.807) is 12.1 Å². The van der Waals surface area contributed by atoms with E-state index in [2.05, 4.69) is 4.98 Å². The molecule has 0 saturated heterocycles. The zero-order valence-corrected chi connectivity index (χ0v) is 7.92. The molecule has 0 aliphatic heterocycles. The highest BCUT2D eigenvalue weighted by atomic mass is 32.1. The predicted octanol–water partition coefficient (Wildman–Crippen LogP) is 2.51. The van der Waals surface area contributed by atoms with Crippen molar-refractivity contribution in [3.63, 3.8) is 0 Å². The Labute approximate surface area is 84.0 Å². The Hall–Kier alpha value is -1.55. The summed E-state index contributed by atoms with van der Waals surface area (Å²) in [5.74, 6) is -0.604. The molecule has 0 radical (unpaired) electrons. The van der Waals surface area contributed by atoms with Crippen LogP contribution in [0.2, 0.25) is 0 Å². The van der Waals surface area contributed by atoms with Crippen LogP contribution in [-0.2, 0) is 0 Å². The third-order valence-electron chi connectivity index (χ3n) is 1.70. The van der Waals surface area contributed by atoms with Gasteiger partial charge in [-0.25, -0.2) is 9.37 Å². The minimum Gasteiger partial charge on any atom is -0.286 e. The van der Waals surface area contributed by atoms with Crippen molar-refractivity contribution in [2.75, 3.05) is 0 Å². The second-order valence-corrected chi connectivity index (χ2v) is 3.62. The van der Waals surface area contributed by atoms with Gasteiger partial charge in [-0.05, 0) is 23.6 Å². The lowest BCUT2D eigenvalue weighted by Gasteiger charge is -1.95. The van der Waals surface area contributed by atoms with Gasteiger partial charge in [0, 0.05) is 0 Å².